The fourth-order valence-corrected chi connectivity index (χ4v) is 2.39. The first-order valence-electron chi connectivity index (χ1n) is 6.51. The van der Waals surface area contributed by atoms with E-state index >= 15 is 0 Å². The molecule has 3 nitrogen and oxygen atoms in total. The van der Waals surface area contributed by atoms with Crippen molar-refractivity contribution in [3.63, 3.8) is 0 Å². The second-order valence-electron chi connectivity index (χ2n) is 4.87. The predicted molar refractivity (Wildman–Crippen MR) is 73.8 cm³/mol. The Morgan fingerprint density at radius 2 is 2.26 bits per heavy atom. The van der Waals surface area contributed by atoms with Gasteiger partial charge in [-0.15, -0.1) is 0 Å². The van der Waals surface area contributed by atoms with Crippen molar-refractivity contribution in [2.24, 2.45) is 0 Å². The van der Waals surface area contributed by atoms with Crippen molar-refractivity contribution in [2.45, 2.75) is 19.4 Å². The van der Waals surface area contributed by atoms with Gasteiger partial charge in [0.25, 0.3) is 0 Å². The summed E-state index contributed by atoms with van der Waals surface area (Å²) in [6.45, 7) is 3.96. The van der Waals surface area contributed by atoms with Gasteiger partial charge in [-0.3, -0.25) is 0 Å². The van der Waals surface area contributed by atoms with Crippen molar-refractivity contribution in [2.75, 3.05) is 31.7 Å². The number of anilines is 1. The van der Waals surface area contributed by atoms with E-state index in [2.05, 4.69) is 11.0 Å². The first-order valence-corrected chi connectivity index (χ1v) is 6.51. The number of nitrogens with zero attached hydrogens (tertiary/aromatic N) is 1. The van der Waals surface area contributed by atoms with Crippen LogP contribution < -0.4 is 4.90 Å². The summed E-state index contributed by atoms with van der Waals surface area (Å²) in [5, 5.41) is 9.77. The van der Waals surface area contributed by atoms with E-state index in [1.165, 1.54) is 17.7 Å². The molecule has 1 atom stereocenters. The van der Waals surface area contributed by atoms with Gasteiger partial charge in [0.2, 0.25) is 0 Å². The number of aliphatic hydroxyl groups is 1. The highest BCUT2D eigenvalue weighted by atomic mass is 19.1. The normalized spacial score (nSPS) is 17.3. The molecule has 1 aromatic carbocycles. The zero-order chi connectivity index (χ0) is 13.8. The average Bonchev–Trinajstić information content (AvgIpc) is 2.40. The molecular formula is C15H20FNO2. The molecule has 0 amide bonds. The quantitative estimate of drug-likeness (QED) is 0.850. The molecule has 2 rings (SSSR count). The number of halogens is 1. The Balaban J connectivity index is 2.19. The molecule has 0 saturated heterocycles. The van der Waals surface area contributed by atoms with Crippen molar-refractivity contribution in [1.82, 2.24) is 0 Å². The van der Waals surface area contributed by atoms with Crippen LogP contribution in [-0.4, -0.2) is 31.9 Å². The van der Waals surface area contributed by atoms with Gasteiger partial charge in [0.1, 0.15) is 5.82 Å². The van der Waals surface area contributed by atoms with Gasteiger partial charge in [-0.1, -0.05) is 6.08 Å². The summed E-state index contributed by atoms with van der Waals surface area (Å²) in [5.41, 5.74) is 2.84. The smallest absolute Gasteiger partial charge is 0.123 e. The molecule has 104 valence electrons. The molecule has 0 saturated carbocycles. The molecule has 0 fully saturated rings. The summed E-state index contributed by atoms with van der Waals surface area (Å²) in [4.78, 5) is 2.15. The number of methoxy groups -OCH3 is 1. The predicted octanol–water partition coefficient (Wildman–Crippen LogP) is 2.66. The molecule has 0 spiro atoms. The van der Waals surface area contributed by atoms with Crippen LogP contribution in [-0.2, 0) is 4.74 Å². The summed E-state index contributed by atoms with van der Waals surface area (Å²) < 4.78 is 18.4. The van der Waals surface area contributed by atoms with Crippen LogP contribution in [0.1, 0.15) is 25.0 Å². The topological polar surface area (TPSA) is 32.7 Å². The number of ether oxygens (including phenoxy) is 1. The van der Waals surface area contributed by atoms with Crippen LogP contribution in [0.3, 0.4) is 0 Å². The molecular weight excluding hydrogens is 245 g/mol. The van der Waals surface area contributed by atoms with Gasteiger partial charge in [-0.2, -0.15) is 0 Å². The Morgan fingerprint density at radius 1 is 1.47 bits per heavy atom. The summed E-state index contributed by atoms with van der Waals surface area (Å²) in [6.07, 6.45) is 2.40. The van der Waals surface area contributed by atoms with Crippen LogP contribution >= 0.6 is 0 Å². The Kier molecular flexibility index (Phi) is 4.56. The maximum Gasteiger partial charge on any atom is 0.123 e. The molecule has 0 aliphatic carbocycles. The number of hydrogen-bond acceptors (Lipinski definition) is 3. The van der Waals surface area contributed by atoms with Gasteiger partial charge >= 0.3 is 0 Å². The van der Waals surface area contributed by atoms with Crippen molar-refractivity contribution in [3.8, 4) is 0 Å². The van der Waals surface area contributed by atoms with E-state index in [9.17, 15) is 9.50 Å². The van der Waals surface area contributed by atoms with E-state index < -0.39 is 6.10 Å². The lowest BCUT2D eigenvalue weighted by Crippen LogP contribution is -2.30. The second-order valence-corrected chi connectivity index (χ2v) is 4.87. The van der Waals surface area contributed by atoms with Crippen molar-refractivity contribution < 1.29 is 14.2 Å². The van der Waals surface area contributed by atoms with Gasteiger partial charge in [0.15, 0.2) is 0 Å². The van der Waals surface area contributed by atoms with Gasteiger partial charge in [-0.25, -0.2) is 4.39 Å². The van der Waals surface area contributed by atoms with Gasteiger partial charge in [-0.05, 0) is 37.1 Å². The maximum atomic E-state index is 13.3. The van der Waals surface area contributed by atoms with Crippen LogP contribution in [0.4, 0.5) is 10.1 Å². The minimum atomic E-state index is -0.671. The van der Waals surface area contributed by atoms with Crippen LogP contribution in [0.15, 0.2) is 29.8 Å². The molecule has 1 N–H and O–H groups in total. The second kappa shape index (κ2) is 6.17. The van der Waals surface area contributed by atoms with Crippen LogP contribution in [0.2, 0.25) is 0 Å². The molecule has 0 unspecified atom stereocenters. The number of benzene rings is 1. The van der Waals surface area contributed by atoms with Gasteiger partial charge in [0, 0.05) is 31.5 Å². The molecule has 4 heteroatoms. The van der Waals surface area contributed by atoms with Gasteiger partial charge < -0.3 is 14.7 Å². The largest absolute Gasteiger partial charge is 0.389 e. The van der Waals surface area contributed by atoms with Crippen LogP contribution in [0.5, 0.6) is 0 Å². The van der Waals surface area contributed by atoms with Crippen LogP contribution in [0, 0.1) is 5.82 Å². The fraction of sp³-hybridized carbons (Fsp3) is 0.467. The Morgan fingerprint density at radius 3 is 2.84 bits per heavy atom. The SMILES string of the molecule is COCC1=CCN(c2ccc(F)cc2[C@H](C)O)CC1. The molecule has 0 radical (unpaired) electrons. The number of rotatable bonds is 4. The first kappa shape index (κ1) is 14.0. The standard InChI is InChI=1S/C15H20FNO2/c1-11(18)14-9-13(16)3-4-15(14)17-7-5-12(6-8-17)10-19-2/h3-5,9,11,18H,6-8,10H2,1-2H3/t11-/m0/s1. The third-order valence-electron chi connectivity index (χ3n) is 3.41. The summed E-state index contributed by atoms with van der Waals surface area (Å²) in [5.74, 6) is -0.313. The first-order chi connectivity index (χ1) is 9.11. The van der Waals surface area contributed by atoms with Crippen molar-refractivity contribution in [3.05, 3.63) is 41.2 Å². The highest BCUT2D eigenvalue weighted by Crippen LogP contribution is 2.29. The van der Waals surface area contributed by atoms with E-state index in [-0.39, 0.29) is 5.82 Å². The highest BCUT2D eigenvalue weighted by molar-refractivity contribution is 5.56. The molecule has 1 aliphatic heterocycles. The third kappa shape index (κ3) is 3.33. The summed E-state index contributed by atoms with van der Waals surface area (Å²) in [6, 6.07) is 4.59. The third-order valence-corrected chi connectivity index (χ3v) is 3.41. The van der Waals surface area contributed by atoms with Crippen molar-refractivity contribution >= 4 is 5.69 Å². The van der Waals surface area contributed by atoms with Gasteiger partial charge in [0.05, 0.1) is 12.7 Å². The van der Waals surface area contributed by atoms with E-state index in [4.69, 9.17) is 4.74 Å². The molecule has 1 aromatic rings. The zero-order valence-corrected chi connectivity index (χ0v) is 11.4. The minimum absolute atomic E-state index is 0.313. The highest BCUT2D eigenvalue weighted by Gasteiger charge is 2.17. The average molecular weight is 265 g/mol. The monoisotopic (exact) mass is 265 g/mol. The molecule has 1 heterocycles. The number of aliphatic hydroxyl groups excluding tert-OH is 1. The summed E-state index contributed by atoms with van der Waals surface area (Å²) >= 11 is 0. The Bertz CT molecular complexity index is 471. The van der Waals surface area contributed by atoms with E-state index in [1.54, 1.807) is 20.1 Å². The van der Waals surface area contributed by atoms with Crippen LogP contribution in [0.25, 0.3) is 0 Å². The number of hydrogen-bond donors (Lipinski definition) is 1. The van der Waals surface area contributed by atoms with E-state index in [1.807, 2.05) is 0 Å². The van der Waals surface area contributed by atoms with E-state index in [0.717, 1.165) is 25.2 Å². The lowest BCUT2D eigenvalue weighted by Gasteiger charge is -2.30. The van der Waals surface area contributed by atoms with Crippen molar-refractivity contribution in [1.29, 1.82) is 0 Å². The minimum Gasteiger partial charge on any atom is -0.389 e. The maximum absolute atomic E-state index is 13.3. The molecule has 0 aromatic heterocycles. The zero-order valence-electron chi connectivity index (χ0n) is 11.4. The Hall–Kier alpha value is -1.39. The lowest BCUT2D eigenvalue weighted by atomic mass is 10.0. The molecule has 19 heavy (non-hydrogen) atoms. The summed E-state index contributed by atoms with van der Waals surface area (Å²) in [7, 11) is 1.69. The van der Waals surface area contributed by atoms with E-state index in [0.29, 0.717) is 12.2 Å². The fourth-order valence-electron chi connectivity index (χ4n) is 2.39. The Labute approximate surface area is 113 Å². The molecule has 0 bridgehead atoms. The molecule has 1 aliphatic rings. The lowest BCUT2D eigenvalue weighted by molar-refractivity contribution is 0.199.